The van der Waals surface area contributed by atoms with E-state index in [0.717, 1.165) is 12.0 Å². The van der Waals surface area contributed by atoms with Crippen LogP contribution in [-0.2, 0) is 11.3 Å². The van der Waals surface area contributed by atoms with Gasteiger partial charge >= 0.3 is 0 Å². The number of rotatable bonds is 7. The summed E-state index contributed by atoms with van der Waals surface area (Å²) < 4.78 is 5.52. The lowest BCUT2D eigenvalue weighted by molar-refractivity contribution is -0.126. The summed E-state index contributed by atoms with van der Waals surface area (Å²) in [4.78, 5) is 12.1. The SMILES string of the molecule is CCCC(C)(N)C(=O)NCc1ccc(Cl)cc1OCC. The first-order valence-corrected chi connectivity index (χ1v) is 7.27. The molecule has 0 saturated carbocycles. The highest BCUT2D eigenvalue weighted by molar-refractivity contribution is 6.30. The fraction of sp³-hybridized carbons (Fsp3) is 0.533. The third-order valence-electron chi connectivity index (χ3n) is 3.06. The third-order valence-corrected chi connectivity index (χ3v) is 3.29. The minimum Gasteiger partial charge on any atom is -0.493 e. The van der Waals surface area contributed by atoms with Crippen LogP contribution in [0.25, 0.3) is 0 Å². The van der Waals surface area contributed by atoms with Gasteiger partial charge in [-0.25, -0.2) is 0 Å². The summed E-state index contributed by atoms with van der Waals surface area (Å²) in [5.74, 6) is 0.534. The Hall–Kier alpha value is -1.26. The molecule has 0 fully saturated rings. The molecule has 1 atom stereocenters. The normalized spacial score (nSPS) is 13.7. The average Bonchev–Trinajstić information content (AvgIpc) is 2.37. The first kappa shape index (κ1) is 16.8. The molecule has 112 valence electrons. The molecule has 0 radical (unpaired) electrons. The zero-order chi connectivity index (χ0) is 15.2. The van der Waals surface area contributed by atoms with E-state index >= 15 is 0 Å². The minimum absolute atomic E-state index is 0.156. The smallest absolute Gasteiger partial charge is 0.240 e. The molecule has 1 rings (SSSR count). The molecule has 0 aromatic heterocycles. The van der Waals surface area contributed by atoms with Crippen molar-refractivity contribution in [2.75, 3.05) is 6.61 Å². The van der Waals surface area contributed by atoms with Gasteiger partial charge in [-0.3, -0.25) is 4.79 Å². The van der Waals surface area contributed by atoms with Crippen molar-refractivity contribution in [2.24, 2.45) is 5.73 Å². The van der Waals surface area contributed by atoms with Crippen LogP contribution in [0.4, 0.5) is 0 Å². The molecule has 0 bridgehead atoms. The van der Waals surface area contributed by atoms with E-state index in [1.165, 1.54) is 0 Å². The number of carbonyl (C=O) groups is 1. The zero-order valence-electron chi connectivity index (χ0n) is 12.3. The molecule has 0 heterocycles. The topological polar surface area (TPSA) is 64.4 Å². The van der Waals surface area contributed by atoms with Gasteiger partial charge in [-0.15, -0.1) is 0 Å². The second-order valence-corrected chi connectivity index (χ2v) is 5.47. The van der Waals surface area contributed by atoms with E-state index < -0.39 is 5.54 Å². The number of hydrogen-bond donors (Lipinski definition) is 2. The highest BCUT2D eigenvalue weighted by atomic mass is 35.5. The van der Waals surface area contributed by atoms with E-state index in [2.05, 4.69) is 5.32 Å². The molecule has 1 aromatic rings. The van der Waals surface area contributed by atoms with Crippen molar-refractivity contribution in [1.29, 1.82) is 0 Å². The number of amides is 1. The van der Waals surface area contributed by atoms with Crippen molar-refractivity contribution in [1.82, 2.24) is 5.32 Å². The van der Waals surface area contributed by atoms with Crippen LogP contribution in [0.5, 0.6) is 5.75 Å². The van der Waals surface area contributed by atoms with E-state index in [1.54, 1.807) is 19.1 Å². The van der Waals surface area contributed by atoms with Crippen LogP contribution >= 0.6 is 11.6 Å². The van der Waals surface area contributed by atoms with E-state index in [-0.39, 0.29) is 5.91 Å². The van der Waals surface area contributed by atoms with Gasteiger partial charge in [-0.05, 0) is 32.4 Å². The fourth-order valence-corrected chi connectivity index (χ4v) is 2.14. The molecular formula is C15H23ClN2O2. The Morgan fingerprint density at radius 1 is 1.45 bits per heavy atom. The summed E-state index contributed by atoms with van der Waals surface area (Å²) in [6, 6.07) is 5.38. The molecule has 20 heavy (non-hydrogen) atoms. The van der Waals surface area contributed by atoms with Crippen LogP contribution in [0.15, 0.2) is 18.2 Å². The first-order valence-electron chi connectivity index (χ1n) is 6.89. The lowest BCUT2D eigenvalue weighted by Gasteiger charge is -2.23. The monoisotopic (exact) mass is 298 g/mol. The van der Waals surface area contributed by atoms with Crippen LogP contribution in [0.3, 0.4) is 0 Å². The summed E-state index contributed by atoms with van der Waals surface area (Å²) in [5.41, 5.74) is 6.04. The van der Waals surface area contributed by atoms with E-state index in [0.29, 0.717) is 30.3 Å². The molecule has 4 nitrogen and oxygen atoms in total. The van der Waals surface area contributed by atoms with Crippen LogP contribution in [0.2, 0.25) is 5.02 Å². The molecular weight excluding hydrogens is 276 g/mol. The molecule has 0 aliphatic heterocycles. The highest BCUT2D eigenvalue weighted by Gasteiger charge is 2.26. The lowest BCUT2D eigenvalue weighted by atomic mass is 9.96. The van der Waals surface area contributed by atoms with Crippen molar-refractivity contribution in [3.8, 4) is 5.75 Å². The maximum Gasteiger partial charge on any atom is 0.240 e. The first-order chi connectivity index (χ1) is 9.40. The van der Waals surface area contributed by atoms with Gasteiger partial charge < -0.3 is 15.8 Å². The van der Waals surface area contributed by atoms with Gasteiger partial charge in [0.2, 0.25) is 5.91 Å². The van der Waals surface area contributed by atoms with Crippen molar-refractivity contribution >= 4 is 17.5 Å². The summed E-state index contributed by atoms with van der Waals surface area (Å²) >= 11 is 5.94. The predicted octanol–water partition coefficient (Wildman–Crippen LogP) is 2.87. The number of nitrogens with one attached hydrogen (secondary N) is 1. The molecule has 0 saturated heterocycles. The number of carbonyl (C=O) groups excluding carboxylic acids is 1. The van der Waals surface area contributed by atoms with Crippen molar-refractivity contribution in [3.05, 3.63) is 28.8 Å². The average molecular weight is 299 g/mol. The van der Waals surface area contributed by atoms with Crippen molar-refractivity contribution < 1.29 is 9.53 Å². The Bertz CT molecular complexity index is 461. The number of benzene rings is 1. The maximum atomic E-state index is 12.1. The quantitative estimate of drug-likeness (QED) is 0.813. The standard InChI is InChI=1S/C15H23ClN2O2/c1-4-8-15(3,17)14(19)18-10-11-6-7-12(16)9-13(11)20-5-2/h6-7,9H,4-5,8,10,17H2,1-3H3,(H,18,19). The van der Waals surface area contributed by atoms with Crippen LogP contribution in [-0.4, -0.2) is 18.1 Å². The van der Waals surface area contributed by atoms with Crippen LogP contribution < -0.4 is 15.8 Å². The summed E-state index contributed by atoms with van der Waals surface area (Å²) in [6.07, 6.45) is 1.52. The molecule has 5 heteroatoms. The van der Waals surface area contributed by atoms with Gasteiger partial charge in [0.05, 0.1) is 12.1 Å². The molecule has 0 spiro atoms. The second-order valence-electron chi connectivity index (χ2n) is 5.04. The number of hydrogen-bond acceptors (Lipinski definition) is 3. The number of ether oxygens (including phenoxy) is 1. The van der Waals surface area contributed by atoms with Gasteiger partial charge in [-0.2, -0.15) is 0 Å². The molecule has 1 amide bonds. The summed E-state index contributed by atoms with van der Waals surface area (Å²) in [5, 5.41) is 3.46. The number of halogens is 1. The Morgan fingerprint density at radius 2 is 2.15 bits per heavy atom. The van der Waals surface area contributed by atoms with Gasteiger partial charge in [0.15, 0.2) is 0 Å². The minimum atomic E-state index is -0.840. The highest BCUT2D eigenvalue weighted by Crippen LogP contribution is 2.23. The second kappa shape index (κ2) is 7.50. The van der Waals surface area contributed by atoms with Gasteiger partial charge in [0.25, 0.3) is 0 Å². The van der Waals surface area contributed by atoms with E-state index in [9.17, 15) is 4.79 Å². The molecule has 1 aromatic carbocycles. The third kappa shape index (κ3) is 4.69. The predicted molar refractivity (Wildman–Crippen MR) is 82.0 cm³/mol. The zero-order valence-corrected chi connectivity index (χ0v) is 13.1. The van der Waals surface area contributed by atoms with Gasteiger partial charge in [0.1, 0.15) is 5.75 Å². The van der Waals surface area contributed by atoms with Gasteiger partial charge in [0, 0.05) is 17.1 Å². The lowest BCUT2D eigenvalue weighted by Crippen LogP contribution is -2.51. The van der Waals surface area contributed by atoms with E-state index in [1.807, 2.05) is 19.9 Å². The Morgan fingerprint density at radius 3 is 2.75 bits per heavy atom. The van der Waals surface area contributed by atoms with Gasteiger partial charge in [-0.1, -0.05) is 31.0 Å². The molecule has 3 N–H and O–H groups in total. The van der Waals surface area contributed by atoms with Crippen LogP contribution in [0, 0.1) is 0 Å². The summed E-state index contributed by atoms with van der Waals surface area (Å²) in [7, 11) is 0. The van der Waals surface area contributed by atoms with Crippen LogP contribution in [0.1, 0.15) is 39.2 Å². The summed E-state index contributed by atoms with van der Waals surface area (Å²) in [6.45, 7) is 6.58. The molecule has 0 aliphatic rings. The Labute approximate surface area is 125 Å². The fourth-order valence-electron chi connectivity index (χ4n) is 1.97. The number of nitrogens with two attached hydrogens (primary N) is 1. The van der Waals surface area contributed by atoms with E-state index in [4.69, 9.17) is 22.1 Å². The molecule has 1 unspecified atom stereocenters. The largest absolute Gasteiger partial charge is 0.493 e. The van der Waals surface area contributed by atoms with Crippen molar-refractivity contribution in [3.63, 3.8) is 0 Å². The maximum absolute atomic E-state index is 12.1. The molecule has 0 aliphatic carbocycles. The van der Waals surface area contributed by atoms with Crippen molar-refractivity contribution in [2.45, 2.75) is 45.7 Å². The Balaban J connectivity index is 2.72. The Kier molecular flexibility index (Phi) is 6.30.